The number of hydrogen-bond donors (Lipinski definition) is 4. The van der Waals surface area contributed by atoms with Crippen LogP contribution in [-0.4, -0.2) is 44.8 Å². The highest BCUT2D eigenvalue weighted by atomic mass is 16.4. The molecule has 11 heavy (non-hydrogen) atoms. The van der Waals surface area contributed by atoms with E-state index in [1.54, 1.807) is 0 Å². The minimum absolute atomic E-state index is 0.329. The molecule has 4 heteroatoms. The predicted octanol–water partition coefficient (Wildman–Crippen LogP) is -1.92. The first-order valence-electron chi connectivity index (χ1n) is 3.85. The molecule has 2 rings (SSSR count). The summed E-state index contributed by atoms with van der Waals surface area (Å²) in [5.74, 6) is -0.657. The van der Waals surface area contributed by atoms with Crippen molar-refractivity contribution in [3.8, 4) is 0 Å². The fourth-order valence-corrected chi connectivity index (χ4v) is 2.29. The lowest BCUT2D eigenvalue weighted by atomic mass is 9.90. The Kier molecular flexibility index (Phi) is 1.47. The van der Waals surface area contributed by atoms with Crippen molar-refractivity contribution in [2.24, 2.45) is 11.8 Å². The molecule has 4 N–H and O–H groups in total. The number of aliphatic hydroxyl groups is 4. The molecule has 2 aliphatic rings. The Morgan fingerprint density at radius 2 is 0.909 bits per heavy atom. The lowest BCUT2D eigenvalue weighted by molar-refractivity contribution is -0.116. The highest BCUT2D eigenvalue weighted by molar-refractivity contribution is 5.06. The van der Waals surface area contributed by atoms with Crippen molar-refractivity contribution in [2.45, 2.75) is 30.8 Å². The fourth-order valence-electron chi connectivity index (χ4n) is 2.29. The van der Waals surface area contributed by atoms with Gasteiger partial charge >= 0.3 is 0 Å². The molecule has 2 bridgehead atoms. The molecule has 2 saturated carbocycles. The molecule has 0 aliphatic heterocycles. The van der Waals surface area contributed by atoms with Gasteiger partial charge in [-0.2, -0.15) is 0 Å². The molecular formula is C7H12O4. The second-order valence-corrected chi connectivity index (χ2v) is 3.53. The number of rotatable bonds is 0. The van der Waals surface area contributed by atoms with Gasteiger partial charge in [0.2, 0.25) is 0 Å². The van der Waals surface area contributed by atoms with E-state index in [-0.39, 0.29) is 11.8 Å². The van der Waals surface area contributed by atoms with Gasteiger partial charge in [0.25, 0.3) is 0 Å². The third-order valence-electron chi connectivity index (χ3n) is 3.00. The lowest BCUT2D eigenvalue weighted by Gasteiger charge is -2.30. The molecule has 64 valence electrons. The van der Waals surface area contributed by atoms with Crippen LogP contribution in [-0.2, 0) is 0 Å². The van der Waals surface area contributed by atoms with E-state index >= 15 is 0 Å². The first kappa shape index (κ1) is 7.49. The van der Waals surface area contributed by atoms with E-state index in [0.717, 1.165) is 0 Å². The van der Waals surface area contributed by atoms with E-state index in [4.69, 9.17) is 0 Å². The molecule has 0 aromatic heterocycles. The zero-order chi connectivity index (χ0) is 8.17. The van der Waals surface area contributed by atoms with Gasteiger partial charge < -0.3 is 20.4 Å². The number of hydrogen-bond acceptors (Lipinski definition) is 4. The van der Waals surface area contributed by atoms with Gasteiger partial charge in [-0.25, -0.2) is 0 Å². The molecule has 0 radical (unpaired) electrons. The van der Waals surface area contributed by atoms with Gasteiger partial charge in [-0.1, -0.05) is 0 Å². The molecule has 0 aromatic carbocycles. The maximum Gasteiger partial charge on any atom is 0.0856 e. The Morgan fingerprint density at radius 1 is 0.636 bits per heavy atom. The summed E-state index contributed by atoms with van der Waals surface area (Å²) in [7, 11) is 0. The first-order chi connectivity index (χ1) is 5.13. The monoisotopic (exact) mass is 160 g/mol. The Hall–Kier alpha value is -0.160. The molecular weight excluding hydrogens is 148 g/mol. The van der Waals surface area contributed by atoms with Gasteiger partial charge in [-0.05, 0) is 6.42 Å². The van der Waals surface area contributed by atoms with Crippen molar-refractivity contribution in [3.05, 3.63) is 0 Å². The van der Waals surface area contributed by atoms with Gasteiger partial charge in [0.05, 0.1) is 24.4 Å². The van der Waals surface area contributed by atoms with Crippen molar-refractivity contribution in [2.75, 3.05) is 0 Å². The van der Waals surface area contributed by atoms with Crippen molar-refractivity contribution in [3.63, 3.8) is 0 Å². The topological polar surface area (TPSA) is 80.9 Å². The van der Waals surface area contributed by atoms with Crippen LogP contribution >= 0.6 is 0 Å². The Bertz CT molecular complexity index is 138. The number of fused-ring (bicyclic) bond motifs is 2. The zero-order valence-corrected chi connectivity index (χ0v) is 5.96. The standard InChI is InChI=1S/C7H12O4/c8-4-2-1-3(6(4)10)7(11)5(2)9/h2-11H,1H2/t2?,3?,4-,5+,6+,7-. The molecule has 0 heterocycles. The Morgan fingerprint density at radius 3 is 1.09 bits per heavy atom. The minimum atomic E-state index is -0.849. The smallest absolute Gasteiger partial charge is 0.0856 e. The minimum Gasteiger partial charge on any atom is -0.390 e. The third kappa shape index (κ3) is 0.780. The summed E-state index contributed by atoms with van der Waals surface area (Å²) in [4.78, 5) is 0. The van der Waals surface area contributed by atoms with Crippen LogP contribution in [0.5, 0.6) is 0 Å². The second kappa shape index (κ2) is 2.17. The highest BCUT2D eigenvalue weighted by Crippen LogP contribution is 2.44. The van der Waals surface area contributed by atoms with E-state index in [2.05, 4.69) is 0 Å². The van der Waals surface area contributed by atoms with Crippen LogP contribution in [0.15, 0.2) is 0 Å². The average molecular weight is 160 g/mol. The molecule has 2 aliphatic carbocycles. The van der Waals surface area contributed by atoms with Crippen molar-refractivity contribution >= 4 is 0 Å². The summed E-state index contributed by atoms with van der Waals surface area (Å²) in [6.07, 6.45) is -2.86. The second-order valence-electron chi connectivity index (χ2n) is 3.53. The van der Waals surface area contributed by atoms with Crippen molar-refractivity contribution in [1.82, 2.24) is 0 Å². The summed E-state index contributed by atoms with van der Waals surface area (Å²) in [6, 6.07) is 0. The number of aliphatic hydroxyl groups excluding tert-OH is 4. The van der Waals surface area contributed by atoms with Crippen molar-refractivity contribution < 1.29 is 20.4 Å². The SMILES string of the molecule is O[C@@H]1C2CC([C@@H](O)[C@H]2O)[C@@H]1O. The van der Waals surface area contributed by atoms with E-state index < -0.39 is 24.4 Å². The van der Waals surface area contributed by atoms with E-state index in [9.17, 15) is 20.4 Å². The van der Waals surface area contributed by atoms with Gasteiger partial charge in [-0.15, -0.1) is 0 Å². The molecule has 2 fully saturated rings. The largest absolute Gasteiger partial charge is 0.390 e. The van der Waals surface area contributed by atoms with Crippen LogP contribution in [0.4, 0.5) is 0 Å². The maximum absolute atomic E-state index is 9.25. The highest BCUT2D eigenvalue weighted by Gasteiger charge is 2.56. The van der Waals surface area contributed by atoms with Crippen LogP contribution in [0.2, 0.25) is 0 Å². The van der Waals surface area contributed by atoms with Crippen LogP contribution < -0.4 is 0 Å². The summed E-state index contributed by atoms with van der Waals surface area (Å²) >= 11 is 0. The van der Waals surface area contributed by atoms with Crippen LogP contribution in [0.1, 0.15) is 6.42 Å². The molecule has 6 atom stereocenters. The van der Waals surface area contributed by atoms with Gasteiger partial charge in [0.15, 0.2) is 0 Å². The summed E-state index contributed by atoms with van der Waals surface area (Å²) in [5.41, 5.74) is 0. The van der Waals surface area contributed by atoms with Crippen LogP contribution in [0.3, 0.4) is 0 Å². The Labute approximate surface area is 64.1 Å². The van der Waals surface area contributed by atoms with E-state index in [1.807, 2.05) is 0 Å². The van der Waals surface area contributed by atoms with E-state index in [0.29, 0.717) is 6.42 Å². The third-order valence-corrected chi connectivity index (χ3v) is 3.00. The molecule has 0 spiro atoms. The predicted molar refractivity (Wildman–Crippen MR) is 35.6 cm³/mol. The summed E-state index contributed by atoms with van der Waals surface area (Å²) < 4.78 is 0. The van der Waals surface area contributed by atoms with Crippen LogP contribution in [0.25, 0.3) is 0 Å². The molecule has 0 aromatic rings. The van der Waals surface area contributed by atoms with Crippen molar-refractivity contribution in [1.29, 1.82) is 0 Å². The average Bonchev–Trinajstić information content (AvgIpc) is 2.40. The summed E-state index contributed by atoms with van der Waals surface area (Å²) in [5, 5.41) is 37.0. The Balaban J connectivity index is 2.21. The van der Waals surface area contributed by atoms with Gasteiger partial charge in [0.1, 0.15) is 0 Å². The quantitative estimate of drug-likeness (QED) is 0.333. The van der Waals surface area contributed by atoms with Gasteiger partial charge in [0, 0.05) is 11.8 Å². The first-order valence-corrected chi connectivity index (χ1v) is 3.85. The summed E-state index contributed by atoms with van der Waals surface area (Å²) in [6.45, 7) is 0. The molecule has 0 amide bonds. The normalized spacial score (nSPS) is 62.2. The van der Waals surface area contributed by atoms with Gasteiger partial charge in [-0.3, -0.25) is 0 Å². The van der Waals surface area contributed by atoms with Crippen LogP contribution in [0, 0.1) is 11.8 Å². The molecule has 0 saturated heterocycles. The fraction of sp³-hybridized carbons (Fsp3) is 1.00. The maximum atomic E-state index is 9.25. The zero-order valence-electron chi connectivity index (χ0n) is 5.96. The molecule has 2 unspecified atom stereocenters. The molecule has 4 nitrogen and oxygen atoms in total. The van der Waals surface area contributed by atoms with E-state index in [1.165, 1.54) is 0 Å². The lowest BCUT2D eigenvalue weighted by Crippen LogP contribution is -2.47.